The van der Waals surface area contributed by atoms with Gasteiger partial charge in [-0.3, -0.25) is 9.59 Å². The smallest absolute Gasteiger partial charge is 0.254 e. The van der Waals surface area contributed by atoms with Gasteiger partial charge in [0.1, 0.15) is 11.5 Å². The molecule has 0 aromatic heterocycles. The first-order valence-electron chi connectivity index (χ1n) is 9.59. The summed E-state index contributed by atoms with van der Waals surface area (Å²) in [5, 5.41) is 2.77. The monoisotopic (exact) mass is 416 g/mol. The summed E-state index contributed by atoms with van der Waals surface area (Å²) in [5.74, 6) is 1.47. The van der Waals surface area contributed by atoms with E-state index in [2.05, 4.69) is 5.32 Å². The lowest BCUT2D eigenvalue weighted by Gasteiger charge is -2.18. The summed E-state index contributed by atoms with van der Waals surface area (Å²) < 4.78 is 21.5. The average Bonchev–Trinajstić information content (AvgIpc) is 2.74. The van der Waals surface area contributed by atoms with E-state index in [1.54, 1.807) is 43.4 Å². The number of carbonyl (C=O) groups is 2. The van der Waals surface area contributed by atoms with Crippen molar-refractivity contribution < 1.29 is 28.5 Å². The maximum absolute atomic E-state index is 12.7. The van der Waals surface area contributed by atoms with E-state index in [0.717, 1.165) is 0 Å². The van der Waals surface area contributed by atoms with Crippen molar-refractivity contribution in [2.45, 2.75) is 13.8 Å². The number of likely N-dealkylation sites (N-methyl/N-ethyl adjacent to an activating group) is 1. The van der Waals surface area contributed by atoms with Crippen molar-refractivity contribution in [2.75, 3.05) is 46.3 Å². The standard InChI is InChI=1S/C22H28N2O6/c1-6-29-19-9-8-16(12-20(19)30-7-2)23-21(25)14-24(3)22(26)15-10-17(27-4)13-18(11-15)28-5/h8-13H,6-7,14H2,1-5H3,(H,23,25). The van der Waals surface area contributed by atoms with Crippen LogP contribution in [-0.2, 0) is 4.79 Å². The number of anilines is 1. The van der Waals surface area contributed by atoms with Crippen molar-refractivity contribution in [3.63, 3.8) is 0 Å². The van der Waals surface area contributed by atoms with E-state index in [9.17, 15) is 9.59 Å². The third-order valence-electron chi connectivity index (χ3n) is 4.15. The number of ether oxygens (including phenoxy) is 4. The number of benzene rings is 2. The van der Waals surface area contributed by atoms with Crippen molar-refractivity contribution in [3.05, 3.63) is 42.0 Å². The van der Waals surface area contributed by atoms with Crippen LogP contribution in [0.3, 0.4) is 0 Å². The molecule has 2 aromatic carbocycles. The Kier molecular flexibility index (Phi) is 8.34. The molecule has 0 saturated carbocycles. The summed E-state index contributed by atoms with van der Waals surface area (Å²) in [6.07, 6.45) is 0. The van der Waals surface area contributed by atoms with Crippen LogP contribution in [-0.4, -0.2) is 57.7 Å². The number of methoxy groups -OCH3 is 2. The predicted molar refractivity (Wildman–Crippen MR) is 114 cm³/mol. The first kappa shape index (κ1) is 22.9. The van der Waals surface area contributed by atoms with Gasteiger partial charge in [0.15, 0.2) is 11.5 Å². The van der Waals surface area contributed by atoms with Crippen molar-refractivity contribution >= 4 is 17.5 Å². The Labute approximate surface area is 176 Å². The van der Waals surface area contributed by atoms with Crippen LogP contribution in [0.5, 0.6) is 23.0 Å². The molecule has 0 atom stereocenters. The molecule has 0 aliphatic heterocycles. The van der Waals surface area contributed by atoms with E-state index in [1.807, 2.05) is 13.8 Å². The highest BCUT2D eigenvalue weighted by Gasteiger charge is 2.17. The van der Waals surface area contributed by atoms with Gasteiger partial charge in [0.2, 0.25) is 5.91 Å². The topological polar surface area (TPSA) is 86.3 Å². The van der Waals surface area contributed by atoms with Crippen molar-refractivity contribution in [3.8, 4) is 23.0 Å². The zero-order valence-electron chi connectivity index (χ0n) is 18.0. The average molecular weight is 416 g/mol. The van der Waals surface area contributed by atoms with Gasteiger partial charge in [0.25, 0.3) is 5.91 Å². The Morgan fingerprint density at radius 3 is 2.07 bits per heavy atom. The maximum atomic E-state index is 12.7. The number of rotatable bonds is 10. The lowest BCUT2D eigenvalue weighted by Crippen LogP contribution is -2.35. The molecule has 0 fully saturated rings. The molecule has 0 bridgehead atoms. The highest BCUT2D eigenvalue weighted by molar-refractivity contribution is 5.99. The third-order valence-corrected chi connectivity index (χ3v) is 4.15. The SMILES string of the molecule is CCOc1ccc(NC(=O)CN(C)C(=O)c2cc(OC)cc(OC)c2)cc1OCC. The second kappa shape index (κ2) is 10.9. The minimum Gasteiger partial charge on any atom is -0.497 e. The van der Waals surface area contributed by atoms with Gasteiger partial charge < -0.3 is 29.2 Å². The van der Waals surface area contributed by atoms with E-state index < -0.39 is 0 Å². The van der Waals surface area contributed by atoms with Crippen LogP contribution < -0.4 is 24.3 Å². The quantitative estimate of drug-likeness (QED) is 0.640. The summed E-state index contributed by atoms with van der Waals surface area (Å²) >= 11 is 0. The van der Waals surface area contributed by atoms with E-state index in [4.69, 9.17) is 18.9 Å². The molecule has 2 rings (SSSR count). The minimum absolute atomic E-state index is 0.129. The molecule has 8 nitrogen and oxygen atoms in total. The van der Waals surface area contributed by atoms with E-state index in [-0.39, 0.29) is 18.4 Å². The second-order valence-electron chi connectivity index (χ2n) is 6.34. The van der Waals surface area contributed by atoms with E-state index >= 15 is 0 Å². The Bertz CT molecular complexity index is 862. The summed E-state index contributed by atoms with van der Waals surface area (Å²) in [4.78, 5) is 26.5. The lowest BCUT2D eigenvalue weighted by atomic mass is 10.1. The Morgan fingerprint density at radius 1 is 0.900 bits per heavy atom. The van der Waals surface area contributed by atoms with Crippen molar-refractivity contribution in [1.29, 1.82) is 0 Å². The molecule has 0 spiro atoms. The molecule has 162 valence electrons. The zero-order chi connectivity index (χ0) is 22.1. The highest BCUT2D eigenvalue weighted by atomic mass is 16.5. The van der Waals surface area contributed by atoms with Gasteiger partial charge >= 0.3 is 0 Å². The van der Waals surface area contributed by atoms with Gasteiger partial charge in [-0.05, 0) is 38.1 Å². The normalized spacial score (nSPS) is 10.2. The van der Waals surface area contributed by atoms with Gasteiger partial charge in [-0.2, -0.15) is 0 Å². The first-order valence-corrected chi connectivity index (χ1v) is 9.59. The number of amides is 2. The minimum atomic E-state index is -0.340. The summed E-state index contributed by atoms with van der Waals surface area (Å²) in [6, 6.07) is 10.0. The van der Waals surface area contributed by atoms with Crippen LogP contribution in [0.15, 0.2) is 36.4 Å². The maximum Gasteiger partial charge on any atom is 0.254 e. The molecule has 0 radical (unpaired) electrons. The van der Waals surface area contributed by atoms with Gasteiger partial charge in [0.05, 0.1) is 34.0 Å². The number of nitrogens with one attached hydrogen (secondary N) is 1. The van der Waals surface area contributed by atoms with Gasteiger partial charge in [-0.1, -0.05) is 0 Å². The molecule has 8 heteroatoms. The predicted octanol–water partition coefficient (Wildman–Crippen LogP) is 3.21. The molecule has 0 aliphatic rings. The van der Waals surface area contributed by atoms with E-state index in [1.165, 1.54) is 19.1 Å². The molecular formula is C22H28N2O6. The molecule has 1 N–H and O–H groups in total. The molecule has 2 amide bonds. The fraction of sp³-hybridized carbons (Fsp3) is 0.364. The van der Waals surface area contributed by atoms with Crippen molar-refractivity contribution in [2.24, 2.45) is 0 Å². The fourth-order valence-corrected chi connectivity index (χ4v) is 2.77. The molecular weight excluding hydrogens is 388 g/mol. The number of hydrogen-bond acceptors (Lipinski definition) is 6. The Morgan fingerprint density at radius 2 is 1.50 bits per heavy atom. The lowest BCUT2D eigenvalue weighted by molar-refractivity contribution is -0.116. The molecule has 0 saturated heterocycles. The summed E-state index contributed by atoms with van der Waals surface area (Å²) in [5.41, 5.74) is 0.914. The van der Waals surface area contributed by atoms with Crippen LogP contribution in [0.25, 0.3) is 0 Å². The number of nitrogens with zero attached hydrogens (tertiary/aromatic N) is 1. The zero-order valence-corrected chi connectivity index (χ0v) is 18.0. The first-order chi connectivity index (χ1) is 14.4. The highest BCUT2D eigenvalue weighted by Crippen LogP contribution is 2.30. The molecule has 2 aromatic rings. The summed E-state index contributed by atoms with van der Waals surface area (Å²) in [6.45, 7) is 4.60. The molecule has 0 heterocycles. The molecule has 30 heavy (non-hydrogen) atoms. The van der Waals surface area contributed by atoms with Crippen molar-refractivity contribution in [1.82, 2.24) is 4.90 Å². The largest absolute Gasteiger partial charge is 0.497 e. The van der Waals surface area contributed by atoms with Gasteiger partial charge in [0, 0.05) is 30.4 Å². The van der Waals surface area contributed by atoms with Gasteiger partial charge in [-0.15, -0.1) is 0 Å². The fourth-order valence-electron chi connectivity index (χ4n) is 2.77. The molecule has 0 unspecified atom stereocenters. The number of carbonyl (C=O) groups excluding carboxylic acids is 2. The van der Waals surface area contributed by atoms with Crippen LogP contribution >= 0.6 is 0 Å². The van der Waals surface area contributed by atoms with E-state index in [0.29, 0.717) is 47.5 Å². The summed E-state index contributed by atoms with van der Waals surface area (Å²) in [7, 11) is 4.57. The third kappa shape index (κ3) is 6.04. The molecule has 0 aliphatic carbocycles. The Balaban J connectivity index is 2.07. The second-order valence-corrected chi connectivity index (χ2v) is 6.34. The van der Waals surface area contributed by atoms with Crippen LogP contribution in [0.1, 0.15) is 24.2 Å². The van der Waals surface area contributed by atoms with Gasteiger partial charge in [-0.25, -0.2) is 0 Å². The van der Waals surface area contributed by atoms with Crippen LogP contribution in [0, 0.1) is 0 Å². The van der Waals surface area contributed by atoms with Crippen LogP contribution in [0.2, 0.25) is 0 Å². The number of hydrogen-bond donors (Lipinski definition) is 1. The Hall–Kier alpha value is -3.42. The van der Waals surface area contributed by atoms with Crippen LogP contribution in [0.4, 0.5) is 5.69 Å².